The molecule has 0 saturated carbocycles. The number of nitrogens with two attached hydrogens (primary N) is 1. The average Bonchev–Trinajstić information content (AvgIpc) is 2.94. The Labute approximate surface area is 257 Å². The van der Waals surface area contributed by atoms with Crippen LogP contribution in [0.2, 0.25) is 0 Å². The van der Waals surface area contributed by atoms with Gasteiger partial charge in [0, 0.05) is 102 Å². The first-order valence-corrected chi connectivity index (χ1v) is 10.8. The molecule has 2 N–H and O–H groups in total. The molecule has 0 amide bonds. The Morgan fingerprint density at radius 3 is 1.29 bits per heavy atom. The highest BCUT2D eigenvalue weighted by atomic mass is 16.5. The fourth-order valence-electron chi connectivity index (χ4n) is 2.39. The lowest BCUT2D eigenvalue weighted by molar-refractivity contribution is 0.519. The van der Waals surface area contributed by atoms with Crippen molar-refractivity contribution in [1.29, 1.82) is 0 Å². The van der Waals surface area contributed by atoms with Gasteiger partial charge in [-0.3, -0.25) is 0 Å². The van der Waals surface area contributed by atoms with Crippen LogP contribution < -0.4 is 10.5 Å². The van der Waals surface area contributed by atoms with Crippen LogP contribution in [0.5, 0.6) is 5.75 Å². The highest BCUT2D eigenvalue weighted by Gasteiger charge is 2.08. The van der Waals surface area contributed by atoms with Crippen molar-refractivity contribution in [2.45, 2.75) is 13.0 Å². The first-order chi connectivity index (χ1) is 18.7. The third-order valence-corrected chi connectivity index (χ3v) is 4.09. The van der Waals surface area contributed by atoms with E-state index in [1.54, 1.807) is 0 Å². The summed E-state index contributed by atoms with van der Waals surface area (Å²) in [6, 6.07) is 15.4. The summed E-state index contributed by atoms with van der Waals surface area (Å²) < 4.78 is 5.35. The highest BCUT2D eigenvalue weighted by molar-refractivity contribution is 5.47. The summed E-state index contributed by atoms with van der Waals surface area (Å²) >= 11 is 0. The van der Waals surface area contributed by atoms with E-state index in [2.05, 4.69) is 125 Å². The first-order valence-electron chi connectivity index (χ1n) is 10.8. The van der Waals surface area contributed by atoms with Crippen molar-refractivity contribution in [3.8, 4) is 137 Å². The number of rotatable bonds is 3. The Bertz CT molecular complexity index is 1910. The van der Waals surface area contributed by atoms with Crippen molar-refractivity contribution < 1.29 is 36.1 Å². The van der Waals surface area contributed by atoms with Crippen LogP contribution in [0.25, 0.3) is 0 Å². The average molecular weight is 522 g/mol. The molecular formula is C36H59NO. The number of hydrogen-bond acceptors (Lipinski definition) is 2. The van der Waals surface area contributed by atoms with E-state index in [-0.39, 0.29) is 37.4 Å². The fraction of sp³-hybridized carbons (Fsp3) is 0.0556. The Hall–Kier alpha value is -6.64. The minimum Gasteiger partial charge on any atom is -0.407 e. The van der Waals surface area contributed by atoms with Crippen LogP contribution in [0.3, 0.4) is 0 Å². The Morgan fingerprint density at radius 2 is 0.895 bits per heavy atom. The summed E-state index contributed by atoms with van der Waals surface area (Å²) in [6.45, 7) is 2.04. The standard InChI is InChI=1S/C36H15NO.22H2/c1-3-4-5-6-7-8-9-10-11-12-13-14-15-16-17-18-19-20-21-22-31-38-35-29-27-34(28-30-35)36(37)33-25-23-32(2)24-26-33;;;;;;;;;;;;;;;;;;;;;;/h1,23-30,36H,37H2,2H3;22*1H. The predicted molar refractivity (Wildman–Crippen MR) is 197 cm³/mol. The quantitative estimate of drug-likeness (QED) is 0.411. The van der Waals surface area contributed by atoms with Crippen LogP contribution in [0.1, 0.15) is 54.1 Å². The number of hydrogen-bond donors (Lipinski definition) is 1. The fourth-order valence-corrected chi connectivity index (χ4v) is 2.39. The summed E-state index contributed by atoms with van der Waals surface area (Å²) in [5.74, 6) is 50.2. The van der Waals surface area contributed by atoms with Crippen molar-refractivity contribution in [3.05, 3.63) is 65.2 Å². The normalized spacial score (nSPS) is 7.61. The SMILES string of the molecule is C#CC#CC#CC#CC#CC#CC#CC#CC#CC#CC#COc1ccc(C(N)c2ccc(C)cc2)cc1.[HH].[HH].[HH].[HH].[HH].[HH].[HH].[HH].[HH].[HH].[HH].[HH].[HH].[HH].[HH].[HH].[HH].[HH].[HH].[HH].[HH].[HH]. The molecule has 0 heterocycles. The van der Waals surface area contributed by atoms with Crippen molar-refractivity contribution in [2.24, 2.45) is 5.73 Å². The van der Waals surface area contributed by atoms with E-state index < -0.39 is 0 Å². The number of terminal acetylenes is 1. The monoisotopic (exact) mass is 521 g/mol. The van der Waals surface area contributed by atoms with E-state index in [4.69, 9.17) is 16.9 Å². The minimum atomic E-state index is -0.208. The maximum atomic E-state index is 6.33. The molecule has 1 atom stereocenters. The van der Waals surface area contributed by atoms with E-state index in [1.807, 2.05) is 55.5 Å². The van der Waals surface area contributed by atoms with Gasteiger partial charge in [0.2, 0.25) is 0 Å². The molecule has 2 aromatic carbocycles. The molecule has 1 unspecified atom stereocenters. The van der Waals surface area contributed by atoms with Crippen LogP contribution in [-0.4, -0.2) is 0 Å². The third-order valence-electron chi connectivity index (χ3n) is 4.09. The van der Waals surface area contributed by atoms with Gasteiger partial charge in [0.25, 0.3) is 0 Å². The smallest absolute Gasteiger partial charge is 0.140 e. The maximum absolute atomic E-state index is 6.33. The molecular weight excluding hydrogens is 462 g/mol. The molecule has 0 radical (unpaired) electrons. The van der Waals surface area contributed by atoms with Gasteiger partial charge in [-0.1, -0.05) is 42.0 Å². The Morgan fingerprint density at radius 1 is 0.553 bits per heavy atom. The second-order valence-electron chi connectivity index (χ2n) is 6.68. The molecule has 0 saturated heterocycles. The van der Waals surface area contributed by atoms with Crippen LogP contribution in [0.15, 0.2) is 48.5 Å². The Kier molecular flexibility index (Phi) is 12.9. The molecule has 2 heteroatoms. The lowest BCUT2D eigenvalue weighted by Crippen LogP contribution is -2.11. The van der Waals surface area contributed by atoms with Crippen LogP contribution in [0.4, 0.5) is 0 Å². The molecule has 2 aromatic rings. The summed E-state index contributed by atoms with van der Waals surface area (Å²) in [5, 5.41) is 0. The summed E-state index contributed by atoms with van der Waals surface area (Å²) in [4.78, 5) is 0. The van der Waals surface area contributed by atoms with E-state index in [0.29, 0.717) is 5.75 Å². The minimum absolute atomic E-state index is 0. The zero-order valence-corrected chi connectivity index (χ0v) is 20.3. The van der Waals surface area contributed by atoms with Gasteiger partial charge in [-0.05, 0) is 77.5 Å². The van der Waals surface area contributed by atoms with Gasteiger partial charge >= 0.3 is 0 Å². The molecule has 0 fully saturated rings. The van der Waals surface area contributed by atoms with E-state index >= 15 is 0 Å². The second kappa shape index (κ2) is 17.8. The molecule has 2 rings (SSSR count). The van der Waals surface area contributed by atoms with Crippen molar-refractivity contribution in [3.63, 3.8) is 0 Å². The molecule has 0 aliphatic carbocycles. The largest absolute Gasteiger partial charge is 0.407 e. The molecule has 0 aliphatic rings. The van der Waals surface area contributed by atoms with Crippen molar-refractivity contribution in [1.82, 2.24) is 0 Å². The molecule has 2 nitrogen and oxygen atoms in total. The molecule has 0 bridgehead atoms. The van der Waals surface area contributed by atoms with E-state index in [1.165, 1.54) is 5.56 Å². The number of ether oxygens (including phenoxy) is 1. The lowest BCUT2D eigenvalue weighted by atomic mass is 9.99. The molecule has 0 aliphatic heterocycles. The maximum Gasteiger partial charge on any atom is 0.140 e. The van der Waals surface area contributed by atoms with Gasteiger partial charge in [0.15, 0.2) is 0 Å². The molecule has 0 spiro atoms. The van der Waals surface area contributed by atoms with Crippen LogP contribution in [-0.2, 0) is 0 Å². The molecule has 0 aromatic heterocycles. The zero-order valence-electron chi connectivity index (χ0n) is 20.3. The van der Waals surface area contributed by atoms with Crippen molar-refractivity contribution in [2.75, 3.05) is 0 Å². The van der Waals surface area contributed by atoms with Gasteiger partial charge in [-0.25, -0.2) is 0 Å². The molecule has 38 heavy (non-hydrogen) atoms. The van der Waals surface area contributed by atoms with Crippen LogP contribution >= 0.6 is 0 Å². The summed E-state index contributed by atoms with van der Waals surface area (Å²) in [6.07, 6.45) is 7.45. The number of benzene rings is 2. The topological polar surface area (TPSA) is 35.2 Å². The first kappa shape index (κ1) is 27.6. The van der Waals surface area contributed by atoms with Gasteiger partial charge in [0.1, 0.15) is 11.9 Å². The van der Waals surface area contributed by atoms with Gasteiger partial charge in [-0.2, -0.15) is 0 Å². The zero-order chi connectivity index (χ0) is 27.1. The third kappa shape index (κ3) is 12.0. The second-order valence-corrected chi connectivity index (χ2v) is 6.68. The highest BCUT2D eigenvalue weighted by Crippen LogP contribution is 2.22. The Balaban J connectivity index is -0.0000000364. The van der Waals surface area contributed by atoms with Crippen molar-refractivity contribution >= 4 is 0 Å². The number of aryl methyl sites for hydroxylation is 1. The van der Waals surface area contributed by atoms with E-state index in [0.717, 1.165) is 11.1 Å². The predicted octanol–water partition coefficient (Wildman–Crippen LogP) is 8.46. The summed E-state index contributed by atoms with van der Waals surface area (Å²) in [7, 11) is 0. The van der Waals surface area contributed by atoms with Crippen LogP contribution in [0, 0.1) is 138 Å². The van der Waals surface area contributed by atoms with Gasteiger partial charge in [0.05, 0.1) is 6.04 Å². The van der Waals surface area contributed by atoms with Gasteiger partial charge in [-0.15, -0.1) is 6.42 Å². The van der Waals surface area contributed by atoms with Gasteiger partial charge < -0.3 is 10.5 Å². The van der Waals surface area contributed by atoms with E-state index in [9.17, 15) is 0 Å². The molecule has 214 valence electrons. The summed E-state index contributed by atoms with van der Waals surface area (Å²) in [5.41, 5.74) is 9.55. The lowest BCUT2D eigenvalue weighted by Gasteiger charge is -2.13.